The molecule has 1 rings (SSSR count). The summed E-state index contributed by atoms with van der Waals surface area (Å²) in [6, 6.07) is 7.37. The van der Waals surface area contributed by atoms with Crippen LogP contribution in [0.5, 0.6) is 5.75 Å². The SMILES string of the molecule is CCOCCCCNC(=NC)NCC(C)Oc1ccc(Cl)cc1. The van der Waals surface area contributed by atoms with Crippen LogP contribution in [0.2, 0.25) is 5.02 Å². The lowest BCUT2D eigenvalue weighted by Crippen LogP contribution is -2.42. The second-order valence-corrected chi connectivity index (χ2v) is 5.60. The minimum Gasteiger partial charge on any atom is -0.489 e. The monoisotopic (exact) mass is 341 g/mol. The summed E-state index contributed by atoms with van der Waals surface area (Å²) in [5.74, 6) is 1.59. The molecule has 0 bridgehead atoms. The first-order valence-corrected chi connectivity index (χ1v) is 8.48. The molecule has 23 heavy (non-hydrogen) atoms. The topological polar surface area (TPSA) is 54.9 Å². The molecule has 1 aromatic rings. The summed E-state index contributed by atoms with van der Waals surface area (Å²) in [7, 11) is 1.76. The van der Waals surface area contributed by atoms with E-state index >= 15 is 0 Å². The fraction of sp³-hybridized carbons (Fsp3) is 0.588. The van der Waals surface area contributed by atoms with E-state index in [2.05, 4.69) is 15.6 Å². The molecule has 5 nitrogen and oxygen atoms in total. The maximum absolute atomic E-state index is 5.86. The van der Waals surface area contributed by atoms with Crippen molar-refractivity contribution >= 4 is 17.6 Å². The number of ether oxygens (including phenoxy) is 2. The van der Waals surface area contributed by atoms with E-state index < -0.39 is 0 Å². The standard InChI is InChI=1S/C17H28ClN3O2/c1-4-22-12-6-5-11-20-17(19-3)21-13-14(2)23-16-9-7-15(18)8-10-16/h7-10,14H,4-6,11-13H2,1-3H3,(H2,19,20,21). The van der Waals surface area contributed by atoms with Gasteiger partial charge in [0.1, 0.15) is 11.9 Å². The van der Waals surface area contributed by atoms with Crippen LogP contribution < -0.4 is 15.4 Å². The first-order chi connectivity index (χ1) is 11.2. The van der Waals surface area contributed by atoms with E-state index in [9.17, 15) is 0 Å². The van der Waals surface area contributed by atoms with Gasteiger partial charge in [-0.1, -0.05) is 11.6 Å². The molecule has 6 heteroatoms. The average molecular weight is 342 g/mol. The number of nitrogens with zero attached hydrogens (tertiary/aromatic N) is 1. The zero-order chi connectivity index (χ0) is 16.9. The van der Waals surface area contributed by atoms with E-state index in [-0.39, 0.29) is 6.10 Å². The van der Waals surface area contributed by atoms with Crippen molar-refractivity contribution in [2.75, 3.05) is 33.4 Å². The van der Waals surface area contributed by atoms with Crippen molar-refractivity contribution in [2.24, 2.45) is 4.99 Å². The molecule has 0 saturated heterocycles. The van der Waals surface area contributed by atoms with Gasteiger partial charge < -0.3 is 20.1 Å². The normalized spacial score (nSPS) is 12.8. The predicted octanol–water partition coefficient (Wildman–Crippen LogP) is 3.09. The van der Waals surface area contributed by atoms with Crippen LogP contribution >= 0.6 is 11.6 Å². The first-order valence-electron chi connectivity index (χ1n) is 8.10. The molecule has 0 aromatic heterocycles. The van der Waals surface area contributed by atoms with Crippen LogP contribution in [0.4, 0.5) is 0 Å². The van der Waals surface area contributed by atoms with Crippen molar-refractivity contribution < 1.29 is 9.47 Å². The molecule has 0 amide bonds. The van der Waals surface area contributed by atoms with Crippen molar-refractivity contribution in [2.45, 2.75) is 32.8 Å². The van der Waals surface area contributed by atoms with Crippen LogP contribution in [-0.2, 0) is 4.74 Å². The Morgan fingerprint density at radius 2 is 1.96 bits per heavy atom. The highest BCUT2D eigenvalue weighted by molar-refractivity contribution is 6.30. The van der Waals surface area contributed by atoms with Gasteiger partial charge in [0.25, 0.3) is 0 Å². The predicted molar refractivity (Wildman–Crippen MR) is 96.6 cm³/mol. The lowest BCUT2D eigenvalue weighted by atomic mass is 10.3. The Hall–Kier alpha value is -1.46. The fourth-order valence-corrected chi connectivity index (χ4v) is 2.05. The van der Waals surface area contributed by atoms with Crippen LogP contribution in [0, 0.1) is 0 Å². The average Bonchev–Trinajstić information content (AvgIpc) is 2.55. The third-order valence-electron chi connectivity index (χ3n) is 3.14. The fourth-order valence-electron chi connectivity index (χ4n) is 1.93. The highest BCUT2D eigenvalue weighted by Gasteiger charge is 2.05. The van der Waals surface area contributed by atoms with Crippen LogP contribution in [0.25, 0.3) is 0 Å². The Labute approximate surface area is 144 Å². The van der Waals surface area contributed by atoms with E-state index in [4.69, 9.17) is 21.1 Å². The minimum atomic E-state index is 0.0210. The van der Waals surface area contributed by atoms with Gasteiger partial charge in [0.2, 0.25) is 0 Å². The van der Waals surface area contributed by atoms with Crippen molar-refractivity contribution in [3.05, 3.63) is 29.3 Å². The molecule has 1 atom stereocenters. The number of rotatable bonds is 10. The van der Waals surface area contributed by atoms with Gasteiger partial charge in [-0.3, -0.25) is 4.99 Å². The number of hydrogen-bond acceptors (Lipinski definition) is 3. The van der Waals surface area contributed by atoms with E-state index in [1.807, 2.05) is 38.1 Å². The van der Waals surface area contributed by atoms with Crippen molar-refractivity contribution in [3.63, 3.8) is 0 Å². The maximum Gasteiger partial charge on any atom is 0.191 e. The number of unbranched alkanes of at least 4 members (excludes halogenated alkanes) is 1. The molecule has 1 unspecified atom stereocenters. The van der Waals surface area contributed by atoms with Crippen LogP contribution in [0.1, 0.15) is 26.7 Å². The number of halogens is 1. The summed E-state index contributed by atoms with van der Waals surface area (Å²) in [5.41, 5.74) is 0. The molecule has 0 fully saturated rings. The number of hydrogen-bond donors (Lipinski definition) is 2. The van der Waals surface area contributed by atoms with Crippen LogP contribution in [0.3, 0.4) is 0 Å². The van der Waals surface area contributed by atoms with Gasteiger partial charge in [-0.2, -0.15) is 0 Å². The Kier molecular flexibility index (Phi) is 10.2. The Morgan fingerprint density at radius 1 is 1.22 bits per heavy atom. The molecule has 0 aliphatic rings. The third kappa shape index (κ3) is 9.31. The van der Waals surface area contributed by atoms with E-state index in [0.29, 0.717) is 11.6 Å². The molecule has 1 aromatic carbocycles. The van der Waals surface area contributed by atoms with Crippen molar-refractivity contribution in [1.82, 2.24) is 10.6 Å². The molecular weight excluding hydrogens is 314 g/mol. The molecule has 0 heterocycles. The lowest BCUT2D eigenvalue weighted by Gasteiger charge is -2.17. The highest BCUT2D eigenvalue weighted by atomic mass is 35.5. The summed E-state index contributed by atoms with van der Waals surface area (Å²) in [6.45, 7) is 7.16. The van der Waals surface area contributed by atoms with Gasteiger partial charge in [-0.05, 0) is 51.0 Å². The second-order valence-electron chi connectivity index (χ2n) is 5.17. The van der Waals surface area contributed by atoms with Gasteiger partial charge >= 0.3 is 0 Å². The smallest absolute Gasteiger partial charge is 0.191 e. The zero-order valence-electron chi connectivity index (χ0n) is 14.3. The molecular formula is C17H28ClN3O2. The Bertz CT molecular complexity index is 452. The van der Waals surface area contributed by atoms with E-state index in [1.165, 1.54) is 0 Å². The summed E-state index contributed by atoms with van der Waals surface area (Å²) < 4.78 is 11.1. The molecule has 2 N–H and O–H groups in total. The molecule has 0 saturated carbocycles. The van der Waals surface area contributed by atoms with E-state index in [1.54, 1.807) is 7.05 Å². The summed E-state index contributed by atoms with van der Waals surface area (Å²) >= 11 is 5.86. The van der Waals surface area contributed by atoms with Gasteiger partial charge in [-0.15, -0.1) is 0 Å². The Morgan fingerprint density at radius 3 is 2.61 bits per heavy atom. The first kappa shape index (κ1) is 19.6. The number of nitrogens with one attached hydrogen (secondary N) is 2. The van der Waals surface area contributed by atoms with Gasteiger partial charge in [0.05, 0.1) is 6.54 Å². The van der Waals surface area contributed by atoms with Gasteiger partial charge in [-0.25, -0.2) is 0 Å². The Balaban J connectivity index is 2.19. The third-order valence-corrected chi connectivity index (χ3v) is 3.40. The van der Waals surface area contributed by atoms with Crippen LogP contribution in [-0.4, -0.2) is 45.4 Å². The molecule has 130 valence electrons. The highest BCUT2D eigenvalue weighted by Crippen LogP contribution is 2.16. The largest absolute Gasteiger partial charge is 0.489 e. The summed E-state index contributed by atoms with van der Waals surface area (Å²) in [6.07, 6.45) is 2.12. The number of aliphatic imine (C=N–C) groups is 1. The molecule has 0 aliphatic heterocycles. The lowest BCUT2D eigenvalue weighted by molar-refractivity contribution is 0.143. The van der Waals surface area contributed by atoms with Crippen molar-refractivity contribution in [3.8, 4) is 5.75 Å². The summed E-state index contributed by atoms with van der Waals surface area (Å²) in [4.78, 5) is 4.20. The molecule has 0 radical (unpaired) electrons. The number of benzene rings is 1. The van der Waals surface area contributed by atoms with Crippen LogP contribution in [0.15, 0.2) is 29.3 Å². The molecule has 0 aliphatic carbocycles. The maximum atomic E-state index is 5.86. The summed E-state index contributed by atoms with van der Waals surface area (Å²) in [5, 5.41) is 7.25. The van der Waals surface area contributed by atoms with Gasteiger partial charge in [0, 0.05) is 31.8 Å². The number of guanidine groups is 1. The zero-order valence-corrected chi connectivity index (χ0v) is 15.0. The quantitative estimate of drug-likeness (QED) is 0.390. The van der Waals surface area contributed by atoms with Gasteiger partial charge in [0.15, 0.2) is 5.96 Å². The second kappa shape index (κ2) is 12.0. The van der Waals surface area contributed by atoms with E-state index in [0.717, 1.165) is 44.3 Å². The minimum absolute atomic E-state index is 0.0210. The van der Waals surface area contributed by atoms with Crippen molar-refractivity contribution in [1.29, 1.82) is 0 Å². The molecule has 0 spiro atoms.